The number of hydrogen-bond donors (Lipinski definition) is 0. The molecule has 0 bridgehead atoms. The van der Waals surface area contributed by atoms with Gasteiger partial charge in [0.25, 0.3) is 0 Å². The van der Waals surface area contributed by atoms with Crippen LogP contribution in [-0.2, 0) is 14.6 Å². The summed E-state index contributed by atoms with van der Waals surface area (Å²) in [6.45, 7) is 12.0. The Balaban J connectivity index is 0.00000136. The first-order valence-corrected chi connectivity index (χ1v) is 11.3. The lowest BCUT2D eigenvalue weighted by Gasteiger charge is -2.27. The summed E-state index contributed by atoms with van der Waals surface area (Å²) in [6.07, 6.45) is 1.19. The van der Waals surface area contributed by atoms with Crippen molar-refractivity contribution >= 4 is 21.0 Å². The lowest BCUT2D eigenvalue weighted by Crippen LogP contribution is -2.29. The van der Waals surface area contributed by atoms with Crippen molar-refractivity contribution in [1.82, 2.24) is 0 Å². The van der Waals surface area contributed by atoms with E-state index in [0.717, 1.165) is 22.3 Å². The van der Waals surface area contributed by atoms with E-state index < -0.39 is 21.0 Å². The monoisotopic (exact) mass is 404 g/mol. The molecule has 28 heavy (non-hydrogen) atoms. The average Bonchev–Trinajstić information content (AvgIpc) is 2.80. The van der Waals surface area contributed by atoms with Crippen molar-refractivity contribution in [3.05, 3.63) is 65.5 Å². The molecule has 0 saturated heterocycles. The molecule has 3 rings (SSSR count). The molecule has 0 aromatic heterocycles. The number of rotatable bonds is 3. The Morgan fingerprint density at radius 2 is 1.11 bits per heavy atom. The van der Waals surface area contributed by atoms with Crippen LogP contribution in [0.3, 0.4) is 0 Å². The molecule has 0 unspecified atom stereocenters. The first-order chi connectivity index (χ1) is 12.9. The molecule has 2 aromatic carbocycles. The summed E-state index contributed by atoms with van der Waals surface area (Å²) in [6, 6.07) is 13.2. The largest absolute Gasteiger partial charge is 0.360 e. The third kappa shape index (κ3) is 4.36. The summed E-state index contributed by atoms with van der Waals surface area (Å²) in [7, 11) is -3.25. The molecule has 0 radical (unpaired) electrons. The van der Waals surface area contributed by atoms with Gasteiger partial charge in [0.05, 0.1) is 16.1 Å². The SMILES string of the molecule is CC.CC1(C)OC(C)(C)C(c2ccc(S(C)(=O)=O)cc2)=C1c1ccc(F)cc1. The van der Waals surface area contributed by atoms with Crippen molar-refractivity contribution in [3.8, 4) is 0 Å². The van der Waals surface area contributed by atoms with Crippen molar-refractivity contribution in [3.63, 3.8) is 0 Å². The Hall–Kier alpha value is -1.98. The van der Waals surface area contributed by atoms with Gasteiger partial charge < -0.3 is 4.74 Å². The number of sulfone groups is 1. The molecule has 1 heterocycles. The van der Waals surface area contributed by atoms with Gasteiger partial charge in [-0.05, 0) is 74.2 Å². The minimum atomic E-state index is -3.25. The molecule has 3 nitrogen and oxygen atoms in total. The van der Waals surface area contributed by atoms with Crippen LogP contribution in [0.2, 0.25) is 0 Å². The standard InChI is InChI=1S/C21H23FO3S.C2H6/c1-20(2)18(14-6-10-16(22)11-7-14)19(21(3,4)25-20)15-8-12-17(13-9-15)26(5,23)24;1-2/h6-13H,1-5H3;1-2H3. The summed E-state index contributed by atoms with van der Waals surface area (Å²) < 4.78 is 43.2. The van der Waals surface area contributed by atoms with Crippen LogP contribution in [0, 0.1) is 5.82 Å². The molecule has 0 N–H and O–H groups in total. The summed E-state index contributed by atoms with van der Waals surface area (Å²) >= 11 is 0. The van der Waals surface area contributed by atoms with Crippen LogP contribution < -0.4 is 0 Å². The fraction of sp³-hybridized carbons (Fsp3) is 0.391. The van der Waals surface area contributed by atoms with Crippen LogP contribution in [0.4, 0.5) is 4.39 Å². The van der Waals surface area contributed by atoms with E-state index in [-0.39, 0.29) is 10.7 Å². The van der Waals surface area contributed by atoms with E-state index in [1.54, 1.807) is 24.3 Å². The Bertz CT molecular complexity index is 968. The van der Waals surface area contributed by atoms with Crippen molar-refractivity contribution < 1.29 is 17.5 Å². The van der Waals surface area contributed by atoms with Crippen molar-refractivity contribution in [1.29, 1.82) is 0 Å². The van der Waals surface area contributed by atoms with Gasteiger partial charge in [-0.1, -0.05) is 38.1 Å². The molecular formula is C23H29FO3S. The van der Waals surface area contributed by atoms with E-state index in [1.165, 1.54) is 18.4 Å². The van der Waals surface area contributed by atoms with Gasteiger partial charge in [-0.3, -0.25) is 0 Å². The van der Waals surface area contributed by atoms with Crippen molar-refractivity contribution in [2.45, 2.75) is 57.6 Å². The summed E-state index contributed by atoms with van der Waals surface area (Å²) in [4.78, 5) is 0.279. The quantitative estimate of drug-likeness (QED) is 0.654. The Morgan fingerprint density at radius 1 is 0.750 bits per heavy atom. The van der Waals surface area contributed by atoms with Crippen LogP contribution in [0.5, 0.6) is 0 Å². The number of hydrogen-bond acceptors (Lipinski definition) is 3. The number of ether oxygens (including phenoxy) is 1. The predicted octanol–water partition coefficient (Wildman–Crippen LogP) is 5.75. The summed E-state index contributed by atoms with van der Waals surface area (Å²) in [5, 5.41) is 0. The van der Waals surface area contributed by atoms with Gasteiger partial charge in [-0.15, -0.1) is 0 Å². The first-order valence-electron chi connectivity index (χ1n) is 9.44. The summed E-state index contributed by atoms with van der Waals surface area (Å²) in [5.74, 6) is -0.288. The fourth-order valence-electron chi connectivity index (χ4n) is 3.81. The summed E-state index contributed by atoms with van der Waals surface area (Å²) in [5.41, 5.74) is 2.62. The Labute approximate surface area is 168 Å². The normalized spacial score (nSPS) is 17.9. The third-order valence-corrected chi connectivity index (χ3v) is 5.80. The van der Waals surface area contributed by atoms with Crippen LogP contribution in [0.1, 0.15) is 52.7 Å². The van der Waals surface area contributed by atoms with E-state index in [1.807, 2.05) is 53.7 Å². The molecule has 152 valence electrons. The highest BCUT2D eigenvalue weighted by Crippen LogP contribution is 2.51. The lowest BCUT2D eigenvalue weighted by atomic mass is 9.82. The minimum Gasteiger partial charge on any atom is -0.360 e. The second-order valence-corrected chi connectivity index (χ2v) is 9.69. The van der Waals surface area contributed by atoms with E-state index in [2.05, 4.69) is 0 Å². The maximum atomic E-state index is 13.4. The molecule has 0 atom stereocenters. The molecule has 0 fully saturated rings. The van der Waals surface area contributed by atoms with Crippen molar-refractivity contribution in [2.75, 3.05) is 6.26 Å². The highest BCUT2D eigenvalue weighted by Gasteiger charge is 2.46. The van der Waals surface area contributed by atoms with E-state index in [4.69, 9.17) is 4.74 Å². The van der Waals surface area contributed by atoms with Crippen LogP contribution in [-0.4, -0.2) is 25.9 Å². The van der Waals surface area contributed by atoms with Gasteiger partial charge in [0.15, 0.2) is 9.84 Å². The topological polar surface area (TPSA) is 43.4 Å². The zero-order valence-corrected chi connectivity index (χ0v) is 18.4. The minimum absolute atomic E-state index is 0.279. The molecule has 1 aliphatic heterocycles. The van der Waals surface area contributed by atoms with Gasteiger partial charge in [0, 0.05) is 6.26 Å². The zero-order valence-electron chi connectivity index (χ0n) is 17.6. The van der Waals surface area contributed by atoms with Crippen LogP contribution >= 0.6 is 0 Å². The molecule has 2 aromatic rings. The smallest absolute Gasteiger partial charge is 0.175 e. The number of halogens is 1. The predicted molar refractivity (Wildman–Crippen MR) is 113 cm³/mol. The third-order valence-electron chi connectivity index (χ3n) is 4.67. The number of benzene rings is 2. The molecular weight excluding hydrogens is 375 g/mol. The van der Waals surface area contributed by atoms with E-state index in [9.17, 15) is 12.8 Å². The second kappa shape index (κ2) is 7.80. The highest BCUT2D eigenvalue weighted by atomic mass is 32.2. The zero-order chi connectivity index (χ0) is 21.3. The maximum Gasteiger partial charge on any atom is 0.175 e. The van der Waals surface area contributed by atoms with Gasteiger partial charge in [0.1, 0.15) is 5.82 Å². The van der Waals surface area contributed by atoms with Gasteiger partial charge in [0.2, 0.25) is 0 Å². The first kappa shape index (κ1) is 22.3. The van der Waals surface area contributed by atoms with Gasteiger partial charge in [-0.2, -0.15) is 0 Å². The van der Waals surface area contributed by atoms with Gasteiger partial charge in [-0.25, -0.2) is 12.8 Å². The fourth-order valence-corrected chi connectivity index (χ4v) is 4.44. The molecule has 5 heteroatoms. The molecule has 1 aliphatic rings. The van der Waals surface area contributed by atoms with Crippen LogP contribution in [0.25, 0.3) is 11.1 Å². The molecule has 0 amide bonds. The van der Waals surface area contributed by atoms with Crippen molar-refractivity contribution in [2.24, 2.45) is 0 Å². The van der Waals surface area contributed by atoms with Gasteiger partial charge >= 0.3 is 0 Å². The van der Waals surface area contributed by atoms with E-state index >= 15 is 0 Å². The van der Waals surface area contributed by atoms with Crippen LogP contribution in [0.15, 0.2) is 53.4 Å². The Kier molecular flexibility index (Phi) is 6.22. The maximum absolute atomic E-state index is 13.4. The average molecular weight is 405 g/mol. The second-order valence-electron chi connectivity index (χ2n) is 7.68. The van der Waals surface area contributed by atoms with E-state index in [0.29, 0.717) is 0 Å². The lowest BCUT2D eigenvalue weighted by molar-refractivity contribution is -0.0402. The molecule has 0 saturated carbocycles. The molecule has 0 aliphatic carbocycles. The highest BCUT2D eigenvalue weighted by molar-refractivity contribution is 7.90. The molecule has 0 spiro atoms. The Morgan fingerprint density at radius 3 is 1.46 bits per heavy atom.